The number of nitrogens with one attached hydrogen (secondary N) is 3. The quantitative estimate of drug-likeness (QED) is 0.469. The summed E-state index contributed by atoms with van der Waals surface area (Å²) in [5.41, 5.74) is 1.75. The molecule has 0 aliphatic rings. The van der Waals surface area contributed by atoms with E-state index in [1.807, 2.05) is 25.1 Å². The smallest absolute Gasteiger partial charge is 0.259 e. The second-order valence-electron chi connectivity index (χ2n) is 6.47. The molecular formula is C21H17N3O2S. The van der Waals surface area contributed by atoms with Crippen molar-refractivity contribution in [3.8, 4) is 0 Å². The fourth-order valence-electron chi connectivity index (χ4n) is 3.15. The number of benzene rings is 3. The number of hydrogen-bond acceptors (Lipinski definition) is 3. The number of carbonyl (C=O) groups excluding carboxylic acids is 1. The largest absolute Gasteiger partial charge is 0.346 e. The lowest BCUT2D eigenvalue weighted by Gasteiger charge is -2.15. The molecule has 3 aromatic carbocycles. The molecule has 0 aliphatic carbocycles. The molecule has 0 fully saturated rings. The molecule has 3 N–H and O–H groups in total. The summed E-state index contributed by atoms with van der Waals surface area (Å²) < 4.78 is 0.231. The summed E-state index contributed by atoms with van der Waals surface area (Å²) in [5.74, 6) is -0.211. The number of rotatable bonds is 3. The summed E-state index contributed by atoms with van der Waals surface area (Å²) in [4.78, 5) is 30.0. The minimum Gasteiger partial charge on any atom is -0.346 e. The second kappa shape index (κ2) is 6.81. The van der Waals surface area contributed by atoms with Gasteiger partial charge in [-0.25, -0.2) is 0 Å². The molecular weight excluding hydrogens is 358 g/mol. The molecule has 4 rings (SSSR count). The van der Waals surface area contributed by atoms with Crippen LogP contribution in [0.4, 0.5) is 0 Å². The van der Waals surface area contributed by atoms with Crippen LogP contribution in [0.15, 0.2) is 65.5 Å². The van der Waals surface area contributed by atoms with Crippen molar-refractivity contribution in [3.63, 3.8) is 0 Å². The molecule has 0 spiro atoms. The SMILES string of the molecule is CC(NC(=O)c1ccc2c(=O)[nH]c(=S)[nH]c2c1)c1ccc2ccccc2c1. The molecule has 1 atom stereocenters. The van der Waals surface area contributed by atoms with Crippen molar-refractivity contribution >= 4 is 39.8 Å². The van der Waals surface area contributed by atoms with Crippen LogP contribution in [0.3, 0.4) is 0 Å². The van der Waals surface area contributed by atoms with E-state index < -0.39 is 0 Å². The highest BCUT2D eigenvalue weighted by molar-refractivity contribution is 7.71. The summed E-state index contributed by atoms with van der Waals surface area (Å²) in [6, 6.07) is 19.0. The Morgan fingerprint density at radius 2 is 1.78 bits per heavy atom. The molecule has 0 saturated carbocycles. The van der Waals surface area contributed by atoms with Crippen molar-refractivity contribution in [2.75, 3.05) is 0 Å². The first-order valence-corrected chi connectivity index (χ1v) is 8.98. The van der Waals surface area contributed by atoms with E-state index in [1.54, 1.807) is 18.2 Å². The monoisotopic (exact) mass is 375 g/mol. The maximum Gasteiger partial charge on any atom is 0.259 e. The number of hydrogen-bond donors (Lipinski definition) is 3. The summed E-state index contributed by atoms with van der Waals surface area (Å²) >= 11 is 5.00. The van der Waals surface area contributed by atoms with Crippen molar-refractivity contribution in [2.45, 2.75) is 13.0 Å². The maximum absolute atomic E-state index is 12.7. The molecule has 1 aromatic heterocycles. The van der Waals surface area contributed by atoms with E-state index >= 15 is 0 Å². The van der Waals surface area contributed by atoms with Gasteiger partial charge in [-0.2, -0.15) is 0 Å². The van der Waals surface area contributed by atoms with Crippen LogP contribution in [0.25, 0.3) is 21.7 Å². The van der Waals surface area contributed by atoms with Gasteiger partial charge in [0.15, 0.2) is 4.77 Å². The average molecular weight is 375 g/mol. The lowest BCUT2D eigenvalue weighted by molar-refractivity contribution is 0.0940. The van der Waals surface area contributed by atoms with Gasteiger partial charge in [-0.15, -0.1) is 0 Å². The van der Waals surface area contributed by atoms with Gasteiger partial charge in [0.1, 0.15) is 0 Å². The number of fused-ring (bicyclic) bond motifs is 2. The Bertz CT molecular complexity index is 1290. The third-order valence-electron chi connectivity index (χ3n) is 4.62. The van der Waals surface area contributed by atoms with Crippen LogP contribution >= 0.6 is 12.2 Å². The lowest BCUT2D eigenvalue weighted by Crippen LogP contribution is -2.26. The normalized spacial score (nSPS) is 12.2. The molecule has 27 heavy (non-hydrogen) atoms. The molecule has 0 aliphatic heterocycles. The Balaban J connectivity index is 1.61. The van der Waals surface area contributed by atoms with Crippen molar-refractivity contribution in [2.24, 2.45) is 0 Å². The van der Waals surface area contributed by atoms with Crippen molar-refractivity contribution in [1.82, 2.24) is 15.3 Å². The molecule has 1 unspecified atom stereocenters. The minimum atomic E-state index is -0.273. The summed E-state index contributed by atoms with van der Waals surface area (Å²) in [6.07, 6.45) is 0. The number of aromatic amines is 2. The van der Waals surface area contributed by atoms with E-state index in [0.717, 1.165) is 16.3 Å². The summed E-state index contributed by atoms with van der Waals surface area (Å²) in [6.45, 7) is 1.95. The van der Waals surface area contributed by atoms with Gasteiger partial charge in [-0.1, -0.05) is 36.4 Å². The van der Waals surface area contributed by atoms with Gasteiger partial charge in [0, 0.05) is 5.56 Å². The predicted octanol–water partition coefficient (Wildman–Crippen LogP) is 4.23. The zero-order chi connectivity index (χ0) is 19.0. The van der Waals surface area contributed by atoms with Gasteiger partial charge in [-0.05, 0) is 59.7 Å². The van der Waals surface area contributed by atoms with Crippen LogP contribution in [0.2, 0.25) is 0 Å². The fraction of sp³-hybridized carbons (Fsp3) is 0.0952. The minimum absolute atomic E-state index is 0.157. The standard InChI is InChI=1S/C21H17N3O2S/c1-12(14-7-6-13-4-2-3-5-15(13)10-14)22-19(25)16-8-9-17-18(11-16)23-21(27)24-20(17)26/h2-12H,1H3,(H,22,25)(H2,23,24,26,27). The number of amides is 1. The van der Waals surface area contributed by atoms with Gasteiger partial charge in [-0.3, -0.25) is 14.6 Å². The van der Waals surface area contributed by atoms with Crippen LogP contribution in [0.5, 0.6) is 0 Å². The van der Waals surface area contributed by atoms with Crippen molar-refractivity contribution < 1.29 is 4.79 Å². The van der Waals surface area contributed by atoms with Gasteiger partial charge >= 0.3 is 0 Å². The van der Waals surface area contributed by atoms with E-state index in [2.05, 4.69) is 39.6 Å². The first-order chi connectivity index (χ1) is 13.0. The topological polar surface area (TPSA) is 77.8 Å². The van der Waals surface area contributed by atoms with E-state index in [-0.39, 0.29) is 22.3 Å². The molecule has 6 heteroatoms. The van der Waals surface area contributed by atoms with E-state index in [9.17, 15) is 9.59 Å². The third kappa shape index (κ3) is 3.39. The van der Waals surface area contributed by atoms with E-state index in [4.69, 9.17) is 12.2 Å². The average Bonchev–Trinajstić information content (AvgIpc) is 2.66. The van der Waals surface area contributed by atoms with Gasteiger partial charge < -0.3 is 10.3 Å². The molecule has 5 nitrogen and oxygen atoms in total. The summed E-state index contributed by atoms with van der Waals surface area (Å²) in [5, 5.41) is 5.76. The van der Waals surface area contributed by atoms with Gasteiger partial charge in [0.25, 0.3) is 11.5 Å². The molecule has 1 amide bonds. The fourth-order valence-corrected chi connectivity index (χ4v) is 3.35. The molecule has 1 heterocycles. The molecule has 0 radical (unpaired) electrons. The predicted molar refractivity (Wildman–Crippen MR) is 110 cm³/mol. The zero-order valence-electron chi connectivity index (χ0n) is 14.6. The zero-order valence-corrected chi connectivity index (χ0v) is 15.4. The van der Waals surface area contributed by atoms with Crippen LogP contribution in [-0.4, -0.2) is 15.9 Å². The lowest BCUT2D eigenvalue weighted by atomic mass is 10.0. The number of H-pyrrole nitrogens is 2. The van der Waals surface area contributed by atoms with Crippen LogP contribution in [0.1, 0.15) is 28.9 Å². The Hall–Kier alpha value is -3.25. The number of carbonyl (C=O) groups is 1. The van der Waals surface area contributed by atoms with Crippen LogP contribution < -0.4 is 10.9 Å². The van der Waals surface area contributed by atoms with Gasteiger partial charge in [0.2, 0.25) is 0 Å². The van der Waals surface area contributed by atoms with Crippen LogP contribution in [0, 0.1) is 4.77 Å². The molecule has 4 aromatic rings. The highest BCUT2D eigenvalue weighted by atomic mass is 32.1. The first kappa shape index (κ1) is 17.2. The van der Waals surface area contributed by atoms with E-state index in [0.29, 0.717) is 16.5 Å². The number of aromatic nitrogens is 2. The molecule has 0 bridgehead atoms. The van der Waals surface area contributed by atoms with E-state index in [1.165, 1.54) is 0 Å². The highest BCUT2D eigenvalue weighted by Crippen LogP contribution is 2.21. The van der Waals surface area contributed by atoms with Gasteiger partial charge in [0.05, 0.1) is 16.9 Å². The van der Waals surface area contributed by atoms with Crippen molar-refractivity contribution in [3.05, 3.63) is 86.9 Å². The second-order valence-corrected chi connectivity index (χ2v) is 6.88. The Morgan fingerprint density at radius 1 is 1.00 bits per heavy atom. The highest BCUT2D eigenvalue weighted by Gasteiger charge is 2.13. The first-order valence-electron chi connectivity index (χ1n) is 8.57. The molecule has 134 valence electrons. The third-order valence-corrected chi connectivity index (χ3v) is 4.83. The Morgan fingerprint density at radius 3 is 2.59 bits per heavy atom. The van der Waals surface area contributed by atoms with Crippen molar-refractivity contribution in [1.29, 1.82) is 0 Å². The summed E-state index contributed by atoms with van der Waals surface area (Å²) in [7, 11) is 0. The Kier molecular flexibility index (Phi) is 4.33. The maximum atomic E-state index is 12.7. The van der Waals surface area contributed by atoms with Crippen LogP contribution in [-0.2, 0) is 0 Å². The Labute approximate surface area is 160 Å². The molecule has 0 saturated heterocycles.